The number of esters is 1. The fourth-order valence-electron chi connectivity index (χ4n) is 10.8. The molecule has 1 unspecified atom stereocenters. The first kappa shape index (κ1) is 62.4. The number of benzene rings is 2. The number of fused-ring (bicyclic) bond motifs is 4. The predicted octanol–water partition coefficient (Wildman–Crippen LogP) is 3.32. The van der Waals surface area contributed by atoms with E-state index in [4.69, 9.17) is 23.7 Å². The summed E-state index contributed by atoms with van der Waals surface area (Å²) in [4.78, 5) is 89.8. The maximum absolute atomic E-state index is 15.8. The molecule has 3 aliphatic rings. The number of carbonyl (C=O) groups is 7. The van der Waals surface area contributed by atoms with E-state index in [2.05, 4.69) is 51.5 Å². The Morgan fingerprint density at radius 2 is 1.44 bits per heavy atom. The number of aryl methyl sites for hydroxylation is 1. The lowest BCUT2D eigenvalue weighted by atomic mass is 9.87. The number of nitrogens with zero attached hydrogens (tertiary/aromatic N) is 8. The Hall–Kier alpha value is -8.12. The summed E-state index contributed by atoms with van der Waals surface area (Å²) >= 11 is 0. The molecule has 1 aliphatic heterocycles. The van der Waals surface area contributed by atoms with Gasteiger partial charge >= 0.3 is 5.97 Å². The maximum atomic E-state index is 15.8. The van der Waals surface area contributed by atoms with E-state index < -0.39 is 52.7 Å². The molecule has 9 rings (SSSR count). The number of H-pyrrole nitrogens is 1. The molecule has 29 heteroatoms. The van der Waals surface area contributed by atoms with Gasteiger partial charge in [-0.1, -0.05) is 19.1 Å². The largest absolute Gasteiger partial charge is 0.468 e. The van der Waals surface area contributed by atoms with Crippen LogP contribution in [0.3, 0.4) is 0 Å². The van der Waals surface area contributed by atoms with Crippen LogP contribution in [-0.4, -0.2) is 198 Å². The smallest absolute Gasteiger partial charge is 0.325 e. The van der Waals surface area contributed by atoms with Crippen LogP contribution >= 0.6 is 0 Å². The van der Waals surface area contributed by atoms with Gasteiger partial charge in [0, 0.05) is 84.0 Å². The molecule has 5 heterocycles. The molecule has 462 valence electrons. The van der Waals surface area contributed by atoms with Gasteiger partial charge in [-0.2, -0.15) is 20.4 Å². The molecule has 6 aromatic rings. The summed E-state index contributed by atoms with van der Waals surface area (Å²) in [6, 6.07) is 7.93. The third-order valence-electron chi connectivity index (χ3n) is 15.7. The van der Waals surface area contributed by atoms with Crippen molar-refractivity contribution in [2.75, 3.05) is 111 Å². The number of ether oxygens (including phenoxy) is 6. The molecule has 0 bridgehead atoms. The van der Waals surface area contributed by atoms with Crippen LogP contribution < -0.4 is 21.3 Å². The first-order chi connectivity index (χ1) is 41.4. The SMILES string of the molecule is COC(=O)CNC(=O)CNC(=O)Cn1nc(C)c2c(-c3cc4c(cnn4C(=O)CCC(=O)NCCOCCOCCOCCOCCOCCC(=O)N4CCC(n5cc(NC(=O)c6n[nH]c7c6CC6C(F)(F)[C@@]6(C)C7)cn5)CC4)cc3F)cccc21. The van der Waals surface area contributed by atoms with E-state index in [1.165, 1.54) is 30.1 Å². The molecule has 5 amide bonds. The molecule has 2 atom stereocenters. The van der Waals surface area contributed by atoms with Crippen molar-refractivity contribution in [2.45, 2.75) is 77.3 Å². The quantitative estimate of drug-likeness (QED) is 0.0308. The molecule has 5 N–H and O–H groups in total. The molecular formula is C57H70F3N13O13. The van der Waals surface area contributed by atoms with Crippen LogP contribution in [0.15, 0.2) is 48.9 Å². The number of aromatic amines is 1. The lowest BCUT2D eigenvalue weighted by Crippen LogP contribution is -2.40. The van der Waals surface area contributed by atoms with Crippen LogP contribution in [0.1, 0.15) is 77.3 Å². The fraction of sp³-hybridized carbons (Fsp3) is 0.526. The Balaban J connectivity index is 0.564. The lowest BCUT2D eigenvalue weighted by molar-refractivity contribution is -0.141. The van der Waals surface area contributed by atoms with Crippen molar-refractivity contribution >= 4 is 68.9 Å². The number of carbonyl (C=O) groups excluding carboxylic acids is 7. The number of aromatic nitrogens is 8. The third-order valence-corrected chi connectivity index (χ3v) is 15.7. The van der Waals surface area contributed by atoms with Crippen LogP contribution in [0.5, 0.6) is 0 Å². The second-order valence-electron chi connectivity index (χ2n) is 21.4. The van der Waals surface area contributed by atoms with E-state index in [1.807, 2.05) is 4.90 Å². The van der Waals surface area contributed by atoms with Crippen molar-refractivity contribution in [3.63, 3.8) is 0 Å². The monoisotopic (exact) mass is 1200 g/mol. The van der Waals surface area contributed by atoms with Gasteiger partial charge in [0.1, 0.15) is 18.9 Å². The number of halogens is 3. The molecule has 1 saturated heterocycles. The summed E-state index contributed by atoms with van der Waals surface area (Å²) in [5.41, 5.74) is 2.64. The van der Waals surface area contributed by atoms with Crippen LogP contribution in [-0.2, 0) is 71.8 Å². The molecule has 86 heavy (non-hydrogen) atoms. The van der Waals surface area contributed by atoms with Crippen molar-refractivity contribution in [1.29, 1.82) is 0 Å². The molecular weight excluding hydrogens is 1130 g/mol. The Morgan fingerprint density at radius 1 is 0.756 bits per heavy atom. The normalized spacial score (nSPS) is 17.0. The van der Waals surface area contributed by atoms with E-state index >= 15 is 4.39 Å². The van der Waals surface area contributed by atoms with Crippen molar-refractivity contribution in [2.24, 2.45) is 11.3 Å². The van der Waals surface area contributed by atoms with Crippen molar-refractivity contribution in [1.82, 2.24) is 60.4 Å². The minimum atomic E-state index is -2.75. The van der Waals surface area contributed by atoms with Gasteiger partial charge in [0.2, 0.25) is 29.5 Å². The topological polar surface area (TPSA) is 308 Å². The highest BCUT2D eigenvalue weighted by molar-refractivity contribution is 6.04. The van der Waals surface area contributed by atoms with Gasteiger partial charge in [-0.25, -0.2) is 17.9 Å². The standard InChI is InChI=1S/C57H70F3N13O13/c1-35-53-39(5-4-6-44(53)72(69-35)34-49(76)62-31-48(75)63-32-52(79)81-3)40-26-45-36(25-42(40)58)29-65-73(45)51(78)8-7-47(74)61-12-16-83-18-20-85-22-24-86-23-21-84-19-17-82-15-11-50(77)70-13-9-38(10-14-70)71-33-37(30-64-71)66-55(80)54-41-27-46-56(2,57(46,59)60)28-43(41)67-68-54/h4-6,25-26,29-30,33,38,46H,7-24,27-28,31-32,34H2,1-3H3,(H,61,74)(H,62,76)(H,63,75)(H,66,80)(H,67,68)/t46?,56-/m0/s1. The van der Waals surface area contributed by atoms with Gasteiger partial charge < -0.3 is 54.6 Å². The van der Waals surface area contributed by atoms with Crippen molar-refractivity contribution in [3.05, 3.63) is 77.4 Å². The van der Waals surface area contributed by atoms with Crippen molar-refractivity contribution < 1.29 is 75.2 Å². The van der Waals surface area contributed by atoms with Crippen LogP contribution in [0.25, 0.3) is 32.9 Å². The average Bonchev–Trinajstić information content (AvgIpc) is 1.52. The zero-order valence-corrected chi connectivity index (χ0v) is 48.1. The van der Waals surface area contributed by atoms with Gasteiger partial charge in [0.15, 0.2) is 5.69 Å². The van der Waals surface area contributed by atoms with Gasteiger partial charge in [-0.05, 0) is 49.9 Å². The summed E-state index contributed by atoms with van der Waals surface area (Å²) in [5.74, 6) is -7.18. The minimum Gasteiger partial charge on any atom is -0.468 e. The summed E-state index contributed by atoms with van der Waals surface area (Å²) in [7, 11) is 1.19. The highest BCUT2D eigenvalue weighted by atomic mass is 19.3. The van der Waals surface area contributed by atoms with Crippen LogP contribution in [0, 0.1) is 24.1 Å². The van der Waals surface area contributed by atoms with E-state index in [9.17, 15) is 42.3 Å². The Labute approximate surface area is 491 Å². The number of rotatable bonds is 31. The van der Waals surface area contributed by atoms with E-state index in [1.54, 1.807) is 49.1 Å². The molecule has 2 fully saturated rings. The highest BCUT2D eigenvalue weighted by Crippen LogP contribution is 2.70. The number of alkyl halides is 2. The molecule has 2 aliphatic carbocycles. The first-order valence-corrected chi connectivity index (χ1v) is 28.5. The molecule has 4 aromatic heterocycles. The van der Waals surface area contributed by atoms with Crippen molar-refractivity contribution in [3.8, 4) is 11.1 Å². The number of piperidine rings is 1. The number of amides is 5. The number of methoxy groups -OCH3 is 1. The van der Waals surface area contributed by atoms with Gasteiger partial charge in [-0.15, -0.1) is 0 Å². The second kappa shape index (κ2) is 28.4. The summed E-state index contributed by atoms with van der Waals surface area (Å²) in [5, 5.41) is 31.3. The first-order valence-electron chi connectivity index (χ1n) is 28.5. The number of likely N-dealkylation sites (tertiary alicyclic amines) is 1. The summed E-state index contributed by atoms with van der Waals surface area (Å²) in [6.07, 6.45) is 6.25. The van der Waals surface area contributed by atoms with Crippen LogP contribution in [0.4, 0.5) is 18.9 Å². The van der Waals surface area contributed by atoms with Gasteiger partial charge in [-0.3, -0.25) is 48.0 Å². The molecule has 1 saturated carbocycles. The van der Waals surface area contributed by atoms with Gasteiger partial charge in [0.05, 0.1) is 127 Å². The third kappa shape index (κ3) is 14.9. The number of hydrogen-bond acceptors (Lipinski definition) is 17. The van der Waals surface area contributed by atoms with E-state index in [-0.39, 0.29) is 107 Å². The predicted molar refractivity (Wildman–Crippen MR) is 300 cm³/mol. The van der Waals surface area contributed by atoms with E-state index in [0.717, 1.165) is 4.68 Å². The Bertz CT molecular complexity index is 3430. The Kier molecular flexibility index (Phi) is 20.6. The summed E-state index contributed by atoms with van der Waals surface area (Å²) < 4.78 is 81.1. The lowest BCUT2D eigenvalue weighted by Gasteiger charge is -2.32. The van der Waals surface area contributed by atoms with Gasteiger partial charge in [0.25, 0.3) is 11.8 Å². The van der Waals surface area contributed by atoms with Crippen LogP contribution in [0.2, 0.25) is 0 Å². The molecule has 0 radical (unpaired) electrons. The fourth-order valence-corrected chi connectivity index (χ4v) is 10.8. The number of nitrogens with one attached hydrogen (secondary N) is 5. The summed E-state index contributed by atoms with van der Waals surface area (Å²) in [6.45, 7) is 6.82. The average molecular weight is 1200 g/mol. The highest BCUT2D eigenvalue weighted by Gasteiger charge is 2.78. The second-order valence-corrected chi connectivity index (χ2v) is 21.4. The van der Waals surface area contributed by atoms with E-state index in [0.29, 0.717) is 122 Å². The maximum Gasteiger partial charge on any atom is 0.325 e. The minimum absolute atomic E-state index is 0.00172. The molecule has 2 aromatic carbocycles. The Morgan fingerprint density at radius 3 is 2.15 bits per heavy atom. The zero-order chi connectivity index (χ0) is 61.0. The molecule has 26 nitrogen and oxygen atoms in total. The zero-order valence-electron chi connectivity index (χ0n) is 48.1. The number of hydrogen-bond donors (Lipinski definition) is 5. The number of anilines is 1. The molecule has 0 spiro atoms.